The molecule has 0 fully saturated rings. The summed E-state index contributed by atoms with van der Waals surface area (Å²) in [5.74, 6) is 3.27. The zero-order chi connectivity index (χ0) is 16.4. The molecule has 0 atom stereocenters. The maximum Gasteiger partial charge on any atom is 0.191 e. The zero-order valence-electron chi connectivity index (χ0n) is 13.9. The van der Waals surface area contributed by atoms with Crippen LogP contribution in [0.1, 0.15) is 12.5 Å². The van der Waals surface area contributed by atoms with Crippen LogP contribution in [-0.2, 0) is 6.54 Å². The standard InChI is InChI=1S/C15H24BrN3O2S.HI/c1-5-17-15(18-6-7-22-4)19-10-11-8-13(20-2)14(21-3)9-12(11)16;/h8-9H,5-7,10H2,1-4H3,(H2,17,18,19);1H. The molecule has 1 aromatic carbocycles. The topological polar surface area (TPSA) is 54.9 Å². The Labute approximate surface area is 168 Å². The number of hydrogen-bond donors (Lipinski definition) is 2. The van der Waals surface area contributed by atoms with Gasteiger partial charge in [0.2, 0.25) is 0 Å². The summed E-state index contributed by atoms with van der Waals surface area (Å²) in [6, 6.07) is 3.84. The third-order valence-corrected chi connectivity index (χ3v) is 4.25. The van der Waals surface area contributed by atoms with Crippen molar-refractivity contribution in [3.8, 4) is 11.5 Å². The molecule has 2 N–H and O–H groups in total. The summed E-state index contributed by atoms with van der Waals surface area (Å²) in [7, 11) is 3.26. The molecule has 0 aromatic heterocycles. The van der Waals surface area contributed by atoms with Crippen LogP contribution >= 0.6 is 51.7 Å². The first-order chi connectivity index (χ1) is 10.7. The van der Waals surface area contributed by atoms with E-state index < -0.39 is 0 Å². The van der Waals surface area contributed by atoms with Gasteiger partial charge in [-0.1, -0.05) is 15.9 Å². The molecule has 132 valence electrons. The molecule has 0 heterocycles. The Hall–Kier alpha value is -0.350. The Bertz CT molecular complexity index is 504. The average molecular weight is 518 g/mol. The summed E-state index contributed by atoms with van der Waals surface area (Å²) in [5.41, 5.74) is 1.04. The van der Waals surface area contributed by atoms with Gasteiger partial charge in [0.1, 0.15) is 0 Å². The second-order valence-corrected chi connectivity index (χ2v) is 6.25. The highest BCUT2D eigenvalue weighted by Gasteiger charge is 2.09. The lowest BCUT2D eigenvalue weighted by atomic mass is 10.2. The quantitative estimate of drug-likeness (QED) is 0.239. The van der Waals surface area contributed by atoms with E-state index in [1.807, 2.05) is 12.1 Å². The minimum Gasteiger partial charge on any atom is -0.493 e. The van der Waals surface area contributed by atoms with Crippen LogP contribution in [0.4, 0.5) is 0 Å². The summed E-state index contributed by atoms with van der Waals surface area (Å²) in [4.78, 5) is 4.61. The molecule has 8 heteroatoms. The van der Waals surface area contributed by atoms with E-state index in [0.29, 0.717) is 18.0 Å². The van der Waals surface area contributed by atoms with Gasteiger partial charge in [-0.25, -0.2) is 4.99 Å². The molecule has 0 aliphatic heterocycles. The van der Waals surface area contributed by atoms with Gasteiger partial charge in [0.15, 0.2) is 17.5 Å². The van der Waals surface area contributed by atoms with E-state index in [1.54, 1.807) is 26.0 Å². The van der Waals surface area contributed by atoms with Gasteiger partial charge in [-0.05, 0) is 30.9 Å². The van der Waals surface area contributed by atoms with Crippen molar-refractivity contribution in [2.75, 3.05) is 39.3 Å². The van der Waals surface area contributed by atoms with Crippen LogP contribution in [-0.4, -0.2) is 45.3 Å². The molecule has 0 unspecified atom stereocenters. The van der Waals surface area contributed by atoms with Gasteiger partial charge in [0.05, 0.1) is 20.8 Å². The lowest BCUT2D eigenvalue weighted by Crippen LogP contribution is -2.38. The molecule has 0 aliphatic rings. The fourth-order valence-electron chi connectivity index (χ4n) is 1.79. The smallest absolute Gasteiger partial charge is 0.191 e. The molecule has 0 aliphatic carbocycles. The number of benzene rings is 1. The number of guanidine groups is 1. The SMILES string of the molecule is CCNC(=NCc1cc(OC)c(OC)cc1Br)NCCSC.I. The van der Waals surface area contributed by atoms with Crippen molar-refractivity contribution in [1.82, 2.24) is 10.6 Å². The van der Waals surface area contributed by atoms with Gasteiger partial charge in [0, 0.05) is 23.3 Å². The van der Waals surface area contributed by atoms with Gasteiger partial charge in [-0.15, -0.1) is 24.0 Å². The third-order valence-electron chi connectivity index (χ3n) is 2.90. The minimum atomic E-state index is 0. The van der Waals surface area contributed by atoms with Crippen LogP contribution in [0.2, 0.25) is 0 Å². The van der Waals surface area contributed by atoms with Gasteiger partial charge in [-0.2, -0.15) is 11.8 Å². The molecule has 0 spiro atoms. The van der Waals surface area contributed by atoms with E-state index >= 15 is 0 Å². The molecule has 0 saturated heterocycles. The van der Waals surface area contributed by atoms with Crippen LogP contribution in [0.15, 0.2) is 21.6 Å². The molecule has 1 aromatic rings. The second-order valence-electron chi connectivity index (χ2n) is 4.41. The van der Waals surface area contributed by atoms with Gasteiger partial charge < -0.3 is 20.1 Å². The van der Waals surface area contributed by atoms with Crippen LogP contribution < -0.4 is 20.1 Å². The molecule has 0 amide bonds. The number of nitrogens with zero attached hydrogens (tertiary/aromatic N) is 1. The molecular formula is C15H25BrIN3O2S. The Balaban J connectivity index is 0.00000484. The summed E-state index contributed by atoms with van der Waals surface area (Å²) in [6.45, 7) is 4.33. The van der Waals surface area contributed by atoms with Crippen molar-refractivity contribution < 1.29 is 9.47 Å². The number of nitrogens with one attached hydrogen (secondary N) is 2. The van der Waals surface area contributed by atoms with Crippen molar-refractivity contribution in [3.05, 3.63) is 22.2 Å². The van der Waals surface area contributed by atoms with Gasteiger partial charge in [-0.3, -0.25) is 0 Å². The first kappa shape index (κ1) is 22.6. The van der Waals surface area contributed by atoms with E-state index in [1.165, 1.54) is 0 Å². The molecule has 1 rings (SSSR count). The number of thioether (sulfide) groups is 1. The number of hydrogen-bond acceptors (Lipinski definition) is 4. The lowest BCUT2D eigenvalue weighted by molar-refractivity contribution is 0.354. The molecule has 0 radical (unpaired) electrons. The molecule has 0 bridgehead atoms. The Morgan fingerprint density at radius 1 is 1.22 bits per heavy atom. The van der Waals surface area contributed by atoms with Crippen molar-refractivity contribution >= 4 is 57.6 Å². The van der Waals surface area contributed by atoms with Crippen LogP contribution in [0, 0.1) is 0 Å². The summed E-state index contributed by atoms with van der Waals surface area (Å²) < 4.78 is 11.6. The number of methoxy groups -OCH3 is 2. The Morgan fingerprint density at radius 3 is 2.43 bits per heavy atom. The van der Waals surface area contributed by atoms with E-state index in [9.17, 15) is 0 Å². The maximum absolute atomic E-state index is 5.34. The normalized spacial score (nSPS) is 10.7. The third kappa shape index (κ3) is 7.84. The summed E-state index contributed by atoms with van der Waals surface area (Å²) in [6.07, 6.45) is 2.09. The molecule has 5 nitrogen and oxygen atoms in total. The number of rotatable bonds is 8. The molecular weight excluding hydrogens is 493 g/mol. The monoisotopic (exact) mass is 517 g/mol. The Kier molecular flexibility index (Phi) is 12.8. The average Bonchev–Trinajstić information content (AvgIpc) is 2.53. The molecule has 23 heavy (non-hydrogen) atoms. The van der Waals surface area contributed by atoms with E-state index in [2.05, 4.69) is 44.7 Å². The van der Waals surface area contributed by atoms with E-state index in [-0.39, 0.29) is 24.0 Å². The van der Waals surface area contributed by atoms with Gasteiger partial charge in [0.25, 0.3) is 0 Å². The van der Waals surface area contributed by atoms with Crippen molar-refractivity contribution in [2.24, 2.45) is 4.99 Å². The van der Waals surface area contributed by atoms with Crippen molar-refractivity contribution in [1.29, 1.82) is 0 Å². The van der Waals surface area contributed by atoms with Crippen LogP contribution in [0.5, 0.6) is 11.5 Å². The van der Waals surface area contributed by atoms with Crippen molar-refractivity contribution in [3.63, 3.8) is 0 Å². The summed E-state index contributed by atoms with van der Waals surface area (Å²) in [5, 5.41) is 6.55. The van der Waals surface area contributed by atoms with Gasteiger partial charge >= 0.3 is 0 Å². The first-order valence-electron chi connectivity index (χ1n) is 7.07. The van der Waals surface area contributed by atoms with Crippen LogP contribution in [0.3, 0.4) is 0 Å². The highest BCUT2D eigenvalue weighted by Crippen LogP contribution is 2.33. The number of ether oxygens (including phenoxy) is 2. The highest BCUT2D eigenvalue weighted by molar-refractivity contribution is 14.0. The van der Waals surface area contributed by atoms with Crippen LogP contribution in [0.25, 0.3) is 0 Å². The highest BCUT2D eigenvalue weighted by atomic mass is 127. The van der Waals surface area contributed by atoms with E-state index in [4.69, 9.17) is 9.47 Å². The maximum atomic E-state index is 5.34. The van der Waals surface area contributed by atoms with E-state index in [0.717, 1.165) is 34.8 Å². The largest absolute Gasteiger partial charge is 0.493 e. The zero-order valence-corrected chi connectivity index (χ0v) is 18.7. The fourth-order valence-corrected chi connectivity index (χ4v) is 2.55. The fraction of sp³-hybridized carbons (Fsp3) is 0.533. The molecule has 0 saturated carbocycles. The second kappa shape index (κ2) is 13.0. The van der Waals surface area contributed by atoms with Crippen molar-refractivity contribution in [2.45, 2.75) is 13.5 Å². The minimum absolute atomic E-state index is 0. The predicted octanol–water partition coefficient (Wildman–Crippen LogP) is 3.50. The lowest BCUT2D eigenvalue weighted by Gasteiger charge is -2.13. The first-order valence-corrected chi connectivity index (χ1v) is 9.26. The predicted molar refractivity (Wildman–Crippen MR) is 114 cm³/mol. The Morgan fingerprint density at radius 2 is 1.87 bits per heavy atom. The summed E-state index contributed by atoms with van der Waals surface area (Å²) >= 11 is 5.36. The number of aliphatic imine (C=N–C) groups is 1. The number of halogens is 2.